The molecule has 3 rings (SSSR count). The van der Waals surface area contributed by atoms with E-state index in [1.54, 1.807) is 11.3 Å². The molecule has 7 heteroatoms. The molecule has 0 saturated carbocycles. The number of hydrogen-bond donors (Lipinski definition) is 1. The topological polar surface area (TPSA) is 52.7 Å². The highest BCUT2D eigenvalue weighted by molar-refractivity contribution is 7.08. The van der Waals surface area contributed by atoms with Crippen LogP contribution in [0.5, 0.6) is 0 Å². The molecule has 0 aromatic carbocycles. The predicted octanol–water partition coefficient (Wildman–Crippen LogP) is 2.87. The van der Waals surface area contributed by atoms with E-state index in [1.807, 2.05) is 26.6 Å². The third kappa shape index (κ3) is 5.44. The molecule has 3 heterocycles. The van der Waals surface area contributed by atoms with E-state index in [1.165, 1.54) is 12.8 Å². The summed E-state index contributed by atoms with van der Waals surface area (Å²) in [6, 6.07) is 1.88. The Morgan fingerprint density at radius 3 is 2.69 bits per heavy atom. The largest absolute Gasteiger partial charge is 0.341 e. The van der Waals surface area contributed by atoms with Crippen LogP contribution in [0.3, 0.4) is 0 Å². The van der Waals surface area contributed by atoms with Gasteiger partial charge in [-0.1, -0.05) is 6.92 Å². The fourth-order valence-electron chi connectivity index (χ4n) is 3.87. The minimum absolute atomic E-state index is 0. The summed E-state index contributed by atoms with van der Waals surface area (Å²) in [5, 5.41) is 7.27. The molecule has 0 bridgehead atoms. The smallest absolute Gasteiger partial charge is 0.254 e. The summed E-state index contributed by atoms with van der Waals surface area (Å²) in [5.74, 6) is 1.38. The second-order valence-electron chi connectivity index (χ2n) is 7.33. The molecular formula is C19H30ClN3O2S. The Labute approximate surface area is 166 Å². The Hall–Kier alpha value is -1.11. The van der Waals surface area contributed by atoms with Crippen LogP contribution < -0.4 is 5.32 Å². The first-order valence-corrected chi connectivity index (χ1v) is 10.4. The van der Waals surface area contributed by atoms with E-state index in [-0.39, 0.29) is 24.2 Å². The molecule has 1 N–H and O–H groups in total. The number of amides is 2. The lowest BCUT2D eigenvalue weighted by Crippen LogP contribution is -2.39. The van der Waals surface area contributed by atoms with Gasteiger partial charge in [0.1, 0.15) is 0 Å². The third-order valence-electron chi connectivity index (χ3n) is 5.54. The summed E-state index contributed by atoms with van der Waals surface area (Å²) < 4.78 is 0. The van der Waals surface area contributed by atoms with Crippen LogP contribution in [-0.2, 0) is 4.79 Å². The molecule has 0 aliphatic carbocycles. The van der Waals surface area contributed by atoms with Crippen LogP contribution in [0, 0.1) is 11.8 Å². The van der Waals surface area contributed by atoms with Crippen LogP contribution in [0.15, 0.2) is 16.8 Å². The molecule has 2 saturated heterocycles. The van der Waals surface area contributed by atoms with Crippen molar-refractivity contribution in [2.45, 2.75) is 32.6 Å². The Morgan fingerprint density at radius 2 is 2.00 bits per heavy atom. The molecule has 1 aromatic rings. The summed E-state index contributed by atoms with van der Waals surface area (Å²) in [5.41, 5.74) is 0.767. The van der Waals surface area contributed by atoms with Crippen molar-refractivity contribution in [2.75, 3.05) is 39.3 Å². The summed E-state index contributed by atoms with van der Waals surface area (Å²) in [6.45, 7) is 7.15. The number of thiophene rings is 1. The van der Waals surface area contributed by atoms with Crippen LogP contribution in [-0.4, -0.2) is 60.9 Å². The standard InChI is InChI=1S/C19H29N3O2S.ClH/c1-15(16-4-2-6-20-13-16)12-18(23)21-7-3-8-22(10-9-21)19(24)17-5-11-25-14-17;/h5,11,14-16,20H,2-4,6-10,12-13H2,1H3;1H. The van der Waals surface area contributed by atoms with Crippen LogP contribution in [0.1, 0.15) is 43.0 Å². The number of nitrogens with zero attached hydrogens (tertiary/aromatic N) is 2. The van der Waals surface area contributed by atoms with Crippen molar-refractivity contribution < 1.29 is 9.59 Å². The molecule has 0 spiro atoms. The fourth-order valence-corrected chi connectivity index (χ4v) is 4.50. The van der Waals surface area contributed by atoms with Gasteiger partial charge in [0.25, 0.3) is 5.91 Å². The predicted molar refractivity (Wildman–Crippen MR) is 108 cm³/mol. The number of halogens is 1. The molecule has 5 nitrogen and oxygen atoms in total. The Morgan fingerprint density at radius 1 is 1.23 bits per heavy atom. The summed E-state index contributed by atoms with van der Waals surface area (Å²) in [4.78, 5) is 29.1. The highest BCUT2D eigenvalue weighted by Gasteiger charge is 2.26. The van der Waals surface area contributed by atoms with Crippen LogP contribution in [0.25, 0.3) is 0 Å². The lowest BCUT2D eigenvalue weighted by atomic mass is 9.85. The average molecular weight is 400 g/mol. The number of rotatable bonds is 4. The van der Waals surface area contributed by atoms with Crippen molar-refractivity contribution in [3.8, 4) is 0 Å². The zero-order chi connectivity index (χ0) is 17.6. The van der Waals surface area contributed by atoms with Crippen molar-refractivity contribution in [2.24, 2.45) is 11.8 Å². The summed E-state index contributed by atoms with van der Waals surface area (Å²) in [7, 11) is 0. The second-order valence-corrected chi connectivity index (χ2v) is 8.11. The van der Waals surface area contributed by atoms with Gasteiger partial charge in [-0.25, -0.2) is 0 Å². The maximum absolute atomic E-state index is 12.7. The fraction of sp³-hybridized carbons (Fsp3) is 0.684. The first-order valence-electron chi connectivity index (χ1n) is 9.45. The van der Waals surface area contributed by atoms with Crippen molar-refractivity contribution in [1.82, 2.24) is 15.1 Å². The summed E-state index contributed by atoms with van der Waals surface area (Å²) in [6.07, 6.45) is 3.93. The minimum Gasteiger partial charge on any atom is -0.341 e. The van der Waals surface area contributed by atoms with Crippen molar-refractivity contribution in [3.05, 3.63) is 22.4 Å². The van der Waals surface area contributed by atoms with Gasteiger partial charge in [-0.2, -0.15) is 11.3 Å². The second kappa shape index (κ2) is 10.3. The Balaban J connectivity index is 0.00000243. The number of carbonyl (C=O) groups is 2. The first kappa shape index (κ1) is 21.2. The van der Waals surface area contributed by atoms with Gasteiger partial charge in [0.05, 0.1) is 5.56 Å². The molecule has 2 atom stereocenters. The van der Waals surface area contributed by atoms with Gasteiger partial charge < -0.3 is 15.1 Å². The number of hydrogen-bond acceptors (Lipinski definition) is 4. The van der Waals surface area contributed by atoms with E-state index in [2.05, 4.69) is 12.2 Å². The Kier molecular flexibility index (Phi) is 8.38. The van der Waals surface area contributed by atoms with Gasteiger partial charge in [-0.3, -0.25) is 9.59 Å². The number of nitrogens with one attached hydrogen (secondary N) is 1. The van der Waals surface area contributed by atoms with Gasteiger partial charge in [-0.15, -0.1) is 12.4 Å². The van der Waals surface area contributed by atoms with E-state index in [9.17, 15) is 9.59 Å². The molecular weight excluding hydrogens is 370 g/mol. The van der Waals surface area contributed by atoms with Crippen LogP contribution >= 0.6 is 23.7 Å². The molecule has 146 valence electrons. The van der Waals surface area contributed by atoms with E-state index >= 15 is 0 Å². The first-order chi connectivity index (χ1) is 12.1. The van der Waals surface area contributed by atoms with Gasteiger partial charge in [-0.05, 0) is 55.6 Å². The highest BCUT2D eigenvalue weighted by atomic mass is 35.5. The molecule has 0 radical (unpaired) electrons. The SMILES string of the molecule is CC(CC(=O)N1CCCN(C(=O)c2ccsc2)CC1)C1CCCNC1.Cl. The minimum atomic E-state index is 0. The lowest BCUT2D eigenvalue weighted by molar-refractivity contribution is -0.132. The van der Waals surface area contributed by atoms with Crippen molar-refractivity contribution in [3.63, 3.8) is 0 Å². The molecule has 26 heavy (non-hydrogen) atoms. The molecule has 2 amide bonds. The van der Waals surface area contributed by atoms with E-state index in [0.29, 0.717) is 31.3 Å². The Bertz CT molecular complexity index is 575. The van der Waals surface area contributed by atoms with Crippen LogP contribution in [0.2, 0.25) is 0 Å². The molecule has 2 aliphatic rings. The quantitative estimate of drug-likeness (QED) is 0.846. The molecule has 2 aliphatic heterocycles. The van der Waals surface area contributed by atoms with Gasteiger partial charge in [0, 0.05) is 38.0 Å². The average Bonchev–Trinajstić information content (AvgIpc) is 3.06. The highest BCUT2D eigenvalue weighted by Crippen LogP contribution is 2.23. The maximum Gasteiger partial charge on any atom is 0.254 e. The zero-order valence-electron chi connectivity index (χ0n) is 15.5. The normalized spacial score (nSPS) is 22.3. The van der Waals surface area contributed by atoms with Gasteiger partial charge in [0.15, 0.2) is 0 Å². The molecule has 2 unspecified atom stereocenters. The molecule has 2 fully saturated rings. The van der Waals surface area contributed by atoms with E-state index in [0.717, 1.165) is 38.2 Å². The third-order valence-corrected chi connectivity index (χ3v) is 6.22. The monoisotopic (exact) mass is 399 g/mol. The number of piperidine rings is 1. The summed E-state index contributed by atoms with van der Waals surface area (Å²) >= 11 is 1.55. The number of carbonyl (C=O) groups excluding carboxylic acids is 2. The van der Waals surface area contributed by atoms with Crippen molar-refractivity contribution in [1.29, 1.82) is 0 Å². The van der Waals surface area contributed by atoms with Crippen molar-refractivity contribution >= 4 is 35.6 Å². The van der Waals surface area contributed by atoms with E-state index in [4.69, 9.17) is 0 Å². The zero-order valence-corrected chi connectivity index (χ0v) is 17.1. The van der Waals surface area contributed by atoms with E-state index < -0.39 is 0 Å². The van der Waals surface area contributed by atoms with Gasteiger partial charge in [0.2, 0.25) is 5.91 Å². The maximum atomic E-state index is 12.7. The van der Waals surface area contributed by atoms with Gasteiger partial charge >= 0.3 is 0 Å². The van der Waals surface area contributed by atoms with Crippen LogP contribution in [0.4, 0.5) is 0 Å². The molecule has 1 aromatic heterocycles. The lowest BCUT2D eigenvalue weighted by Gasteiger charge is -2.30.